The second-order valence-electron chi connectivity index (χ2n) is 4.73. The highest BCUT2D eigenvalue weighted by Gasteiger charge is 2.17. The summed E-state index contributed by atoms with van der Waals surface area (Å²) in [6, 6.07) is 0. The summed E-state index contributed by atoms with van der Waals surface area (Å²) in [5, 5.41) is 0. The molecule has 0 atom stereocenters. The minimum Gasteiger partial charge on any atom is -0.369 e. The molecule has 0 aliphatic rings. The lowest BCUT2D eigenvalue weighted by Gasteiger charge is -2.23. The Morgan fingerprint density at radius 1 is 0.889 bits per heavy atom. The number of rotatable bonds is 11. The Kier molecular flexibility index (Phi) is 9.98. The lowest BCUT2D eigenvalue weighted by molar-refractivity contribution is -0.122. The molecule has 4 nitrogen and oxygen atoms in total. The van der Waals surface area contributed by atoms with Crippen molar-refractivity contribution >= 4 is 5.91 Å². The number of hydrogen-bond donors (Lipinski definition) is 1. The average molecular weight is 257 g/mol. The van der Waals surface area contributed by atoms with Crippen LogP contribution in [0.15, 0.2) is 0 Å². The van der Waals surface area contributed by atoms with E-state index in [0.717, 1.165) is 52.1 Å². The van der Waals surface area contributed by atoms with Crippen molar-refractivity contribution < 1.29 is 4.79 Å². The normalized spacial score (nSPS) is 11.7. The highest BCUT2D eigenvalue weighted by atomic mass is 16.1. The van der Waals surface area contributed by atoms with Gasteiger partial charge in [-0.1, -0.05) is 27.7 Å². The molecule has 108 valence electrons. The van der Waals surface area contributed by atoms with E-state index >= 15 is 0 Å². The summed E-state index contributed by atoms with van der Waals surface area (Å²) < 4.78 is 0. The molecule has 4 heteroatoms. The fourth-order valence-electron chi connectivity index (χ4n) is 2.19. The zero-order chi connectivity index (χ0) is 14.0. The van der Waals surface area contributed by atoms with Crippen molar-refractivity contribution in [3.63, 3.8) is 0 Å². The van der Waals surface area contributed by atoms with Crippen LogP contribution in [0.2, 0.25) is 0 Å². The molecule has 0 aliphatic heterocycles. The van der Waals surface area contributed by atoms with Crippen LogP contribution >= 0.6 is 0 Å². The van der Waals surface area contributed by atoms with Crippen molar-refractivity contribution in [1.29, 1.82) is 0 Å². The molecule has 0 saturated heterocycles. The quantitative estimate of drug-likeness (QED) is 0.611. The van der Waals surface area contributed by atoms with Gasteiger partial charge in [0.25, 0.3) is 0 Å². The molecule has 0 unspecified atom stereocenters. The zero-order valence-electron chi connectivity index (χ0n) is 12.6. The summed E-state index contributed by atoms with van der Waals surface area (Å²) >= 11 is 0. The van der Waals surface area contributed by atoms with E-state index in [1.165, 1.54) is 0 Å². The van der Waals surface area contributed by atoms with Crippen LogP contribution in [0.25, 0.3) is 0 Å². The molecule has 0 aliphatic carbocycles. The number of hydrogen-bond acceptors (Lipinski definition) is 3. The largest absolute Gasteiger partial charge is 0.369 e. The van der Waals surface area contributed by atoms with Gasteiger partial charge in [-0.3, -0.25) is 4.79 Å². The molecule has 0 aromatic heterocycles. The van der Waals surface area contributed by atoms with Crippen molar-refractivity contribution in [1.82, 2.24) is 9.80 Å². The molecule has 0 rings (SSSR count). The summed E-state index contributed by atoms with van der Waals surface area (Å²) in [4.78, 5) is 16.1. The molecule has 0 heterocycles. The summed E-state index contributed by atoms with van der Waals surface area (Å²) in [5.74, 6) is -0.125. The van der Waals surface area contributed by atoms with Gasteiger partial charge in [0.15, 0.2) is 0 Å². The summed E-state index contributed by atoms with van der Waals surface area (Å²) in [6.45, 7) is 14.7. The van der Waals surface area contributed by atoms with Crippen molar-refractivity contribution in [2.24, 2.45) is 11.7 Å². The number of amides is 1. The molecular weight excluding hydrogens is 226 g/mol. The standard InChI is InChI=1S/C14H31N3O/c1-5-16(6-2)11-9-13(14(15)18)10-12-17(7-3)8-4/h13H,5-12H2,1-4H3,(H2,15,18). The van der Waals surface area contributed by atoms with E-state index in [4.69, 9.17) is 5.73 Å². The van der Waals surface area contributed by atoms with Gasteiger partial charge in [0.05, 0.1) is 0 Å². The van der Waals surface area contributed by atoms with Crippen LogP contribution in [0, 0.1) is 5.92 Å². The molecule has 18 heavy (non-hydrogen) atoms. The number of carbonyl (C=O) groups is 1. The van der Waals surface area contributed by atoms with E-state index in [1.54, 1.807) is 0 Å². The van der Waals surface area contributed by atoms with Gasteiger partial charge < -0.3 is 15.5 Å². The van der Waals surface area contributed by atoms with E-state index in [-0.39, 0.29) is 11.8 Å². The number of carbonyl (C=O) groups excluding carboxylic acids is 1. The summed E-state index contributed by atoms with van der Waals surface area (Å²) in [7, 11) is 0. The topological polar surface area (TPSA) is 49.6 Å². The van der Waals surface area contributed by atoms with Crippen LogP contribution in [0.5, 0.6) is 0 Å². The lowest BCUT2D eigenvalue weighted by Crippen LogP contribution is -2.33. The maximum Gasteiger partial charge on any atom is 0.220 e. The first kappa shape index (κ1) is 17.4. The molecule has 1 amide bonds. The third-order valence-electron chi connectivity index (χ3n) is 3.78. The van der Waals surface area contributed by atoms with Gasteiger partial charge in [0.2, 0.25) is 5.91 Å². The predicted molar refractivity (Wildman–Crippen MR) is 77.5 cm³/mol. The molecule has 0 bridgehead atoms. The molecule has 0 fully saturated rings. The van der Waals surface area contributed by atoms with Crippen LogP contribution in [-0.2, 0) is 4.79 Å². The first-order valence-corrected chi connectivity index (χ1v) is 7.32. The predicted octanol–water partition coefficient (Wildman–Crippen LogP) is 1.55. The fourth-order valence-corrected chi connectivity index (χ4v) is 2.19. The zero-order valence-corrected chi connectivity index (χ0v) is 12.6. The number of nitrogens with zero attached hydrogens (tertiary/aromatic N) is 2. The van der Waals surface area contributed by atoms with Gasteiger partial charge in [-0.2, -0.15) is 0 Å². The number of primary amides is 1. The lowest BCUT2D eigenvalue weighted by atomic mass is 10.00. The molecule has 2 N–H and O–H groups in total. The van der Waals surface area contributed by atoms with E-state index in [9.17, 15) is 4.79 Å². The third kappa shape index (κ3) is 6.97. The number of nitrogens with two attached hydrogens (primary N) is 1. The highest BCUT2D eigenvalue weighted by Crippen LogP contribution is 2.10. The molecule has 0 saturated carbocycles. The second kappa shape index (κ2) is 10.3. The minimum absolute atomic E-state index is 0.0196. The Labute approximate surface area is 113 Å². The van der Waals surface area contributed by atoms with Crippen molar-refractivity contribution in [3.05, 3.63) is 0 Å². The minimum atomic E-state index is -0.144. The Bertz CT molecular complexity index is 197. The molecular formula is C14H31N3O. The van der Waals surface area contributed by atoms with Gasteiger partial charge in [-0.15, -0.1) is 0 Å². The Morgan fingerprint density at radius 3 is 1.44 bits per heavy atom. The van der Waals surface area contributed by atoms with Gasteiger partial charge in [-0.05, 0) is 52.1 Å². The van der Waals surface area contributed by atoms with Crippen molar-refractivity contribution in [2.45, 2.75) is 40.5 Å². The SMILES string of the molecule is CCN(CC)CCC(CCN(CC)CC)C(N)=O. The summed E-state index contributed by atoms with van der Waals surface area (Å²) in [5.41, 5.74) is 5.50. The van der Waals surface area contributed by atoms with Gasteiger partial charge in [0.1, 0.15) is 0 Å². The van der Waals surface area contributed by atoms with Crippen LogP contribution in [0.1, 0.15) is 40.5 Å². The Balaban J connectivity index is 4.10. The fraction of sp³-hybridized carbons (Fsp3) is 0.929. The molecule has 0 radical (unpaired) electrons. The average Bonchev–Trinajstić information content (AvgIpc) is 2.37. The van der Waals surface area contributed by atoms with E-state index in [0.29, 0.717) is 0 Å². The van der Waals surface area contributed by atoms with E-state index in [2.05, 4.69) is 37.5 Å². The first-order chi connectivity index (χ1) is 8.58. The molecule has 0 spiro atoms. The summed E-state index contributed by atoms with van der Waals surface area (Å²) in [6.07, 6.45) is 1.77. The van der Waals surface area contributed by atoms with Crippen LogP contribution in [0.4, 0.5) is 0 Å². The van der Waals surface area contributed by atoms with Crippen LogP contribution in [0.3, 0.4) is 0 Å². The highest BCUT2D eigenvalue weighted by molar-refractivity contribution is 5.76. The van der Waals surface area contributed by atoms with Crippen molar-refractivity contribution in [3.8, 4) is 0 Å². The van der Waals surface area contributed by atoms with Gasteiger partial charge in [-0.25, -0.2) is 0 Å². The maximum atomic E-state index is 11.5. The van der Waals surface area contributed by atoms with Gasteiger partial charge in [0, 0.05) is 5.92 Å². The second-order valence-corrected chi connectivity index (χ2v) is 4.73. The van der Waals surface area contributed by atoms with Crippen molar-refractivity contribution in [2.75, 3.05) is 39.3 Å². The smallest absolute Gasteiger partial charge is 0.220 e. The molecule has 0 aromatic rings. The third-order valence-corrected chi connectivity index (χ3v) is 3.78. The monoisotopic (exact) mass is 257 g/mol. The Hall–Kier alpha value is -0.610. The van der Waals surface area contributed by atoms with Gasteiger partial charge >= 0.3 is 0 Å². The Morgan fingerprint density at radius 2 is 1.22 bits per heavy atom. The molecule has 0 aromatic carbocycles. The van der Waals surface area contributed by atoms with E-state index < -0.39 is 0 Å². The van der Waals surface area contributed by atoms with E-state index in [1.807, 2.05) is 0 Å². The maximum absolute atomic E-state index is 11.5. The van der Waals surface area contributed by atoms with Crippen LogP contribution in [-0.4, -0.2) is 55.0 Å². The van der Waals surface area contributed by atoms with Crippen LogP contribution < -0.4 is 5.73 Å². The first-order valence-electron chi connectivity index (χ1n) is 7.32.